The molecule has 1 aliphatic rings. The minimum absolute atomic E-state index is 0. The normalized spacial score (nSPS) is 20.5. The van der Waals surface area contributed by atoms with E-state index < -0.39 is 11.6 Å². The third-order valence-corrected chi connectivity index (χ3v) is 4.57. The van der Waals surface area contributed by atoms with Gasteiger partial charge in [0.1, 0.15) is 5.82 Å². The average molecular weight is 377 g/mol. The van der Waals surface area contributed by atoms with Gasteiger partial charge in [0.15, 0.2) is 0 Å². The standard InChI is InChI=1S/C15H18ClFN4O2.ClH/c16-13-11(17)5-9(14-20-21-15(22)23-14)6-12(13)19-7-8-1-3-10(18)4-2-8;/h5-6,8,10,19H,1-4,7,18H2,(H,21,22);1H/t8-,10-;. The minimum atomic E-state index is -0.691. The molecule has 0 amide bonds. The molecular weight excluding hydrogens is 358 g/mol. The van der Waals surface area contributed by atoms with Crippen LogP contribution in [0.5, 0.6) is 0 Å². The predicted molar refractivity (Wildman–Crippen MR) is 93.2 cm³/mol. The lowest BCUT2D eigenvalue weighted by molar-refractivity contribution is 0.339. The lowest BCUT2D eigenvalue weighted by atomic mass is 9.86. The summed E-state index contributed by atoms with van der Waals surface area (Å²) in [6, 6.07) is 3.10. The SMILES string of the molecule is Cl.N[C@H]1CC[C@H](CNc2cc(-c3n[nH]c(=O)o3)cc(F)c2Cl)CC1. The van der Waals surface area contributed by atoms with Gasteiger partial charge in [0.25, 0.3) is 0 Å². The fourth-order valence-electron chi connectivity index (χ4n) is 2.84. The molecule has 6 nitrogen and oxygen atoms in total. The molecule has 0 aliphatic heterocycles. The fourth-order valence-corrected chi connectivity index (χ4v) is 3.02. The van der Waals surface area contributed by atoms with E-state index in [1.165, 1.54) is 6.07 Å². The summed E-state index contributed by atoms with van der Waals surface area (Å²) in [7, 11) is 0. The van der Waals surface area contributed by atoms with Crippen molar-refractivity contribution in [2.45, 2.75) is 31.7 Å². The van der Waals surface area contributed by atoms with Crippen molar-refractivity contribution in [1.29, 1.82) is 0 Å². The summed E-state index contributed by atoms with van der Waals surface area (Å²) in [5.41, 5.74) is 6.70. The van der Waals surface area contributed by atoms with Gasteiger partial charge in [0.05, 0.1) is 10.7 Å². The van der Waals surface area contributed by atoms with Crippen molar-refractivity contribution in [3.63, 3.8) is 0 Å². The molecule has 1 heterocycles. The van der Waals surface area contributed by atoms with Crippen molar-refractivity contribution in [2.24, 2.45) is 11.7 Å². The second-order valence-corrected chi connectivity index (χ2v) is 6.28. The van der Waals surface area contributed by atoms with Crippen molar-refractivity contribution in [3.05, 3.63) is 33.5 Å². The van der Waals surface area contributed by atoms with Crippen molar-refractivity contribution in [1.82, 2.24) is 10.2 Å². The van der Waals surface area contributed by atoms with Gasteiger partial charge in [-0.2, -0.15) is 0 Å². The molecule has 132 valence electrons. The van der Waals surface area contributed by atoms with E-state index >= 15 is 0 Å². The lowest BCUT2D eigenvalue weighted by Gasteiger charge is -2.26. The van der Waals surface area contributed by atoms with Crippen LogP contribution in [0.1, 0.15) is 25.7 Å². The summed E-state index contributed by atoms with van der Waals surface area (Å²) in [6.45, 7) is 0.694. The molecule has 1 aromatic carbocycles. The number of hydrogen-bond acceptors (Lipinski definition) is 5. The largest absolute Gasteiger partial charge is 0.434 e. The zero-order chi connectivity index (χ0) is 16.4. The maximum absolute atomic E-state index is 14.0. The summed E-state index contributed by atoms with van der Waals surface area (Å²) >= 11 is 6.02. The van der Waals surface area contributed by atoms with Gasteiger partial charge >= 0.3 is 5.76 Å². The number of aromatic amines is 1. The Balaban J connectivity index is 0.00000208. The van der Waals surface area contributed by atoms with E-state index in [1.807, 2.05) is 0 Å². The first-order valence-electron chi connectivity index (χ1n) is 7.57. The van der Waals surface area contributed by atoms with E-state index in [9.17, 15) is 9.18 Å². The molecule has 4 N–H and O–H groups in total. The van der Waals surface area contributed by atoms with E-state index in [1.54, 1.807) is 6.07 Å². The monoisotopic (exact) mass is 376 g/mol. The molecule has 3 rings (SSSR count). The number of aromatic nitrogens is 2. The predicted octanol–water partition coefficient (Wildman–Crippen LogP) is 3.17. The molecule has 0 bridgehead atoms. The van der Waals surface area contributed by atoms with Crippen molar-refractivity contribution >= 4 is 29.7 Å². The second-order valence-electron chi connectivity index (χ2n) is 5.90. The second kappa shape index (κ2) is 8.00. The van der Waals surface area contributed by atoms with Crippen LogP contribution in [0.2, 0.25) is 5.02 Å². The van der Waals surface area contributed by atoms with Gasteiger partial charge in [-0.25, -0.2) is 14.3 Å². The van der Waals surface area contributed by atoms with Crippen LogP contribution >= 0.6 is 24.0 Å². The number of nitrogens with one attached hydrogen (secondary N) is 2. The third-order valence-electron chi connectivity index (χ3n) is 4.19. The highest BCUT2D eigenvalue weighted by atomic mass is 35.5. The summed E-state index contributed by atoms with van der Waals surface area (Å²) in [5, 5.41) is 9.05. The first-order valence-corrected chi connectivity index (χ1v) is 7.95. The van der Waals surface area contributed by atoms with Crippen LogP contribution in [-0.2, 0) is 0 Å². The molecular formula is C15H19Cl2FN4O2. The first kappa shape index (κ1) is 18.8. The van der Waals surface area contributed by atoms with Gasteiger partial charge in [-0.1, -0.05) is 11.6 Å². The molecule has 0 radical (unpaired) electrons. The Morgan fingerprint density at radius 3 is 2.71 bits per heavy atom. The summed E-state index contributed by atoms with van der Waals surface area (Å²) in [4.78, 5) is 11.0. The Morgan fingerprint density at radius 1 is 1.38 bits per heavy atom. The Labute approximate surface area is 149 Å². The minimum Gasteiger partial charge on any atom is -0.388 e. The highest BCUT2D eigenvalue weighted by Crippen LogP contribution is 2.31. The fraction of sp³-hybridized carbons (Fsp3) is 0.467. The highest BCUT2D eigenvalue weighted by Gasteiger charge is 2.19. The van der Waals surface area contributed by atoms with E-state index in [-0.39, 0.29) is 29.4 Å². The number of hydrogen-bond donors (Lipinski definition) is 3. The number of H-pyrrole nitrogens is 1. The smallest absolute Gasteiger partial charge is 0.388 e. The van der Waals surface area contributed by atoms with Crippen molar-refractivity contribution < 1.29 is 8.81 Å². The van der Waals surface area contributed by atoms with Crippen LogP contribution in [0, 0.1) is 11.7 Å². The number of halogens is 3. The lowest BCUT2D eigenvalue weighted by Crippen LogP contribution is -2.29. The van der Waals surface area contributed by atoms with E-state index in [0.29, 0.717) is 23.7 Å². The van der Waals surface area contributed by atoms with E-state index in [4.69, 9.17) is 21.8 Å². The quantitative estimate of drug-likeness (QED) is 0.761. The van der Waals surface area contributed by atoms with E-state index in [2.05, 4.69) is 15.5 Å². The summed E-state index contributed by atoms with van der Waals surface area (Å²) in [5.74, 6) is -0.774. The van der Waals surface area contributed by atoms with Crippen LogP contribution in [0.15, 0.2) is 21.3 Å². The van der Waals surface area contributed by atoms with Gasteiger partial charge in [0, 0.05) is 18.2 Å². The third kappa shape index (κ3) is 4.28. The molecule has 24 heavy (non-hydrogen) atoms. The van der Waals surface area contributed by atoms with Gasteiger partial charge in [-0.15, -0.1) is 17.5 Å². The maximum atomic E-state index is 14.0. The maximum Gasteiger partial charge on any atom is 0.434 e. The van der Waals surface area contributed by atoms with Crippen LogP contribution in [-0.4, -0.2) is 22.8 Å². The topological polar surface area (TPSA) is 96.9 Å². The zero-order valence-electron chi connectivity index (χ0n) is 12.9. The molecule has 0 atom stereocenters. The van der Waals surface area contributed by atoms with Gasteiger partial charge in [-0.05, 0) is 43.7 Å². The van der Waals surface area contributed by atoms with Crippen LogP contribution < -0.4 is 16.8 Å². The Bertz CT molecular complexity index is 741. The number of nitrogens with two attached hydrogens (primary N) is 1. The number of anilines is 1. The van der Waals surface area contributed by atoms with Gasteiger partial charge in [0.2, 0.25) is 5.89 Å². The summed E-state index contributed by atoms with van der Waals surface area (Å²) in [6.07, 6.45) is 4.10. The Morgan fingerprint density at radius 2 is 2.08 bits per heavy atom. The average Bonchev–Trinajstić information content (AvgIpc) is 2.97. The number of benzene rings is 1. The van der Waals surface area contributed by atoms with Gasteiger partial charge < -0.3 is 15.5 Å². The zero-order valence-corrected chi connectivity index (χ0v) is 14.4. The van der Waals surface area contributed by atoms with Gasteiger partial charge in [-0.3, -0.25) is 0 Å². The molecule has 1 fully saturated rings. The van der Waals surface area contributed by atoms with Crippen molar-refractivity contribution in [2.75, 3.05) is 11.9 Å². The van der Waals surface area contributed by atoms with E-state index in [0.717, 1.165) is 25.7 Å². The van der Waals surface area contributed by atoms with Crippen LogP contribution in [0.25, 0.3) is 11.5 Å². The summed E-state index contributed by atoms with van der Waals surface area (Å²) < 4.78 is 18.9. The highest BCUT2D eigenvalue weighted by molar-refractivity contribution is 6.33. The molecule has 1 aromatic heterocycles. The number of rotatable bonds is 4. The van der Waals surface area contributed by atoms with Crippen LogP contribution in [0.4, 0.5) is 10.1 Å². The molecule has 0 saturated heterocycles. The first-order chi connectivity index (χ1) is 11.0. The molecule has 1 aliphatic carbocycles. The molecule has 0 unspecified atom stereocenters. The Kier molecular flexibility index (Phi) is 6.26. The molecule has 9 heteroatoms. The van der Waals surface area contributed by atoms with Crippen LogP contribution in [0.3, 0.4) is 0 Å². The molecule has 2 aromatic rings. The molecule has 0 spiro atoms. The Hall–Kier alpha value is -1.57. The van der Waals surface area contributed by atoms with Crippen molar-refractivity contribution in [3.8, 4) is 11.5 Å². The molecule has 1 saturated carbocycles. The number of nitrogens with zero attached hydrogens (tertiary/aromatic N) is 1.